The maximum atomic E-state index is 14.2. The van der Waals surface area contributed by atoms with Crippen LogP contribution in [-0.2, 0) is 14.6 Å². The van der Waals surface area contributed by atoms with Gasteiger partial charge in [0.25, 0.3) is 6.43 Å². The third kappa shape index (κ3) is 5.13. The molecule has 1 atom stereocenters. The first-order chi connectivity index (χ1) is 18.2. The first kappa shape index (κ1) is 25.5. The summed E-state index contributed by atoms with van der Waals surface area (Å²) in [5, 5.41) is 15.3. The molecule has 0 spiro atoms. The van der Waals surface area contributed by atoms with Gasteiger partial charge in [-0.3, -0.25) is 4.57 Å². The van der Waals surface area contributed by atoms with Crippen molar-refractivity contribution in [2.45, 2.75) is 36.8 Å². The van der Waals surface area contributed by atoms with Gasteiger partial charge in [0.15, 0.2) is 21.3 Å². The lowest BCUT2D eigenvalue weighted by molar-refractivity contribution is -0.0363. The Bertz CT molecular complexity index is 1640. The molecule has 3 aromatic heterocycles. The quantitative estimate of drug-likeness (QED) is 0.324. The van der Waals surface area contributed by atoms with Crippen LogP contribution in [0.1, 0.15) is 43.4 Å². The number of nitrogens with zero attached hydrogens (tertiary/aromatic N) is 5. The van der Waals surface area contributed by atoms with Crippen LogP contribution in [0.3, 0.4) is 0 Å². The van der Waals surface area contributed by atoms with Crippen molar-refractivity contribution in [3.05, 3.63) is 60.0 Å². The molecule has 13 heteroatoms. The lowest BCUT2D eigenvalue weighted by Crippen LogP contribution is -2.20. The molecule has 1 aliphatic rings. The summed E-state index contributed by atoms with van der Waals surface area (Å²) in [6.07, 6.45) is -0.379. The lowest BCUT2D eigenvalue weighted by atomic mass is 10.2. The van der Waals surface area contributed by atoms with Crippen LogP contribution in [0.15, 0.2) is 53.4 Å². The van der Waals surface area contributed by atoms with E-state index in [9.17, 15) is 22.5 Å². The van der Waals surface area contributed by atoms with Crippen LogP contribution in [0, 0.1) is 11.3 Å². The van der Waals surface area contributed by atoms with Gasteiger partial charge in [-0.2, -0.15) is 5.26 Å². The number of sulfone groups is 1. The summed E-state index contributed by atoms with van der Waals surface area (Å²) in [5.74, 6) is 0.0326. The fourth-order valence-electron chi connectivity index (χ4n) is 4.34. The number of ether oxygens (including phenoxy) is 1. The SMILES string of the molecule is CS(=O)(=O)c1ccccc1Nc1cc(Nc2cccc(C#N)n2)nc2c1nc(C(F)F)n2C1CCCCO1. The molecule has 0 aliphatic carbocycles. The molecule has 1 aromatic carbocycles. The number of halogens is 2. The van der Waals surface area contributed by atoms with Gasteiger partial charge in [0, 0.05) is 18.9 Å². The molecule has 1 unspecified atom stereocenters. The number of nitriles is 1. The van der Waals surface area contributed by atoms with Crippen molar-refractivity contribution in [1.29, 1.82) is 5.26 Å². The molecule has 1 fully saturated rings. The van der Waals surface area contributed by atoms with E-state index in [-0.39, 0.29) is 38.9 Å². The first-order valence-electron chi connectivity index (χ1n) is 11.8. The Hall–Kier alpha value is -4.15. The molecule has 0 amide bonds. The van der Waals surface area contributed by atoms with Crippen LogP contribution in [0.25, 0.3) is 11.2 Å². The number of alkyl halides is 2. The summed E-state index contributed by atoms with van der Waals surface area (Å²) in [7, 11) is -3.61. The number of pyridine rings is 2. The highest BCUT2D eigenvalue weighted by atomic mass is 32.2. The third-order valence-corrected chi connectivity index (χ3v) is 7.15. The maximum absolute atomic E-state index is 14.2. The van der Waals surface area contributed by atoms with Crippen molar-refractivity contribution < 1.29 is 21.9 Å². The monoisotopic (exact) mass is 539 g/mol. The molecule has 0 bridgehead atoms. The van der Waals surface area contributed by atoms with Gasteiger partial charge in [0.2, 0.25) is 0 Å². The highest BCUT2D eigenvalue weighted by Gasteiger charge is 2.29. The van der Waals surface area contributed by atoms with Crippen molar-refractivity contribution in [3.8, 4) is 6.07 Å². The average molecular weight is 540 g/mol. The van der Waals surface area contributed by atoms with Crippen LogP contribution < -0.4 is 10.6 Å². The number of hydrogen-bond donors (Lipinski definition) is 2. The summed E-state index contributed by atoms with van der Waals surface area (Å²) in [5.41, 5.74) is 0.939. The minimum atomic E-state index is -3.61. The highest BCUT2D eigenvalue weighted by Crippen LogP contribution is 2.37. The van der Waals surface area contributed by atoms with Gasteiger partial charge in [-0.25, -0.2) is 32.2 Å². The van der Waals surface area contributed by atoms with E-state index in [0.29, 0.717) is 18.8 Å². The average Bonchev–Trinajstić information content (AvgIpc) is 3.29. The van der Waals surface area contributed by atoms with E-state index in [0.717, 1.165) is 19.1 Å². The van der Waals surface area contributed by atoms with E-state index >= 15 is 0 Å². The molecule has 4 aromatic rings. The zero-order chi connectivity index (χ0) is 26.9. The summed E-state index contributed by atoms with van der Waals surface area (Å²) < 4.78 is 60.3. The van der Waals surface area contributed by atoms with E-state index in [4.69, 9.17) is 4.74 Å². The molecule has 4 heterocycles. The van der Waals surface area contributed by atoms with Gasteiger partial charge in [-0.15, -0.1) is 0 Å². The van der Waals surface area contributed by atoms with E-state index in [2.05, 4.69) is 25.6 Å². The lowest BCUT2D eigenvalue weighted by Gasteiger charge is -2.25. The van der Waals surface area contributed by atoms with Crippen molar-refractivity contribution in [2.24, 2.45) is 0 Å². The van der Waals surface area contributed by atoms with E-state index in [1.165, 1.54) is 16.7 Å². The molecular formula is C25H23F2N7O3S. The number of benzene rings is 1. The number of fused-ring (bicyclic) bond motifs is 1. The summed E-state index contributed by atoms with van der Waals surface area (Å²) in [6.45, 7) is 0.419. The highest BCUT2D eigenvalue weighted by molar-refractivity contribution is 7.90. The second-order valence-electron chi connectivity index (χ2n) is 8.73. The van der Waals surface area contributed by atoms with Crippen LogP contribution in [0.4, 0.5) is 31.8 Å². The van der Waals surface area contributed by atoms with E-state index in [1.807, 2.05) is 6.07 Å². The Morgan fingerprint density at radius 3 is 2.58 bits per heavy atom. The van der Waals surface area contributed by atoms with Gasteiger partial charge in [0.05, 0.1) is 16.3 Å². The zero-order valence-corrected chi connectivity index (χ0v) is 21.0. The fourth-order valence-corrected chi connectivity index (χ4v) is 5.18. The van der Waals surface area contributed by atoms with Crippen LogP contribution in [0.5, 0.6) is 0 Å². The molecule has 2 N–H and O–H groups in total. The normalized spacial score (nSPS) is 15.9. The Morgan fingerprint density at radius 1 is 1.05 bits per heavy atom. The number of hydrogen-bond acceptors (Lipinski definition) is 9. The molecule has 0 radical (unpaired) electrons. The third-order valence-electron chi connectivity index (χ3n) is 5.99. The topological polar surface area (TPSA) is 135 Å². The largest absolute Gasteiger partial charge is 0.358 e. The van der Waals surface area contributed by atoms with Crippen molar-refractivity contribution in [3.63, 3.8) is 0 Å². The molecule has 5 rings (SSSR count). The van der Waals surface area contributed by atoms with Gasteiger partial charge in [-0.05, 0) is 43.5 Å². The summed E-state index contributed by atoms with van der Waals surface area (Å²) in [4.78, 5) is 13.0. The van der Waals surface area contributed by atoms with E-state index < -0.39 is 28.3 Å². The second kappa shape index (κ2) is 10.3. The predicted molar refractivity (Wildman–Crippen MR) is 136 cm³/mol. The predicted octanol–water partition coefficient (Wildman–Crippen LogP) is 5.23. The van der Waals surface area contributed by atoms with Gasteiger partial charge < -0.3 is 15.4 Å². The van der Waals surface area contributed by atoms with Crippen LogP contribution in [-0.4, -0.2) is 40.8 Å². The van der Waals surface area contributed by atoms with E-state index in [1.54, 1.807) is 36.4 Å². The zero-order valence-electron chi connectivity index (χ0n) is 20.2. The smallest absolute Gasteiger partial charge is 0.295 e. The van der Waals surface area contributed by atoms with Crippen LogP contribution in [0.2, 0.25) is 0 Å². The molecule has 1 saturated heterocycles. The maximum Gasteiger partial charge on any atom is 0.295 e. The molecule has 0 saturated carbocycles. The van der Waals surface area contributed by atoms with Crippen molar-refractivity contribution in [2.75, 3.05) is 23.5 Å². The first-order valence-corrected chi connectivity index (χ1v) is 13.7. The number of aromatic nitrogens is 4. The number of para-hydroxylation sites is 1. The van der Waals surface area contributed by atoms with Gasteiger partial charge in [-0.1, -0.05) is 18.2 Å². The standard InChI is InChI=1S/C25H23F2N7O3S/c1-38(35,36)18-9-3-2-8-16(18)30-17-13-20(31-19-10-6-7-15(14-28)29-19)32-24-22(17)33-25(23(26)27)34(24)21-11-4-5-12-37-21/h2-3,6-10,13,21,23H,4-5,11-12H2,1H3,(H2,29,30,31,32). The second-order valence-corrected chi connectivity index (χ2v) is 10.7. The van der Waals surface area contributed by atoms with Crippen LogP contribution >= 0.6 is 0 Å². The van der Waals surface area contributed by atoms with Gasteiger partial charge >= 0.3 is 0 Å². The number of imidazole rings is 1. The number of anilines is 4. The molecule has 1 aliphatic heterocycles. The fraction of sp³-hybridized carbons (Fsp3) is 0.280. The van der Waals surface area contributed by atoms with Crippen molar-refractivity contribution >= 4 is 44.0 Å². The number of rotatable bonds is 7. The minimum Gasteiger partial charge on any atom is -0.358 e. The summed E-state index contributed by atoms with van der Waals surface area (Å²) >= 11 is 0. The molecule has 196 valence electrons. The number of nitrogens with one attached hydrogen (secondary N) is 2. The Labute approximate surface area is 217 Å². The minimum absolute atomic E-state index is 0.0342. The van der Waals surface area contributed by atoms with Gasteiger partial charge in [0.1, 0.15) is 35.1 Å². The molecular weight excluding hydrogens is 516 g/mol. The Balaban J connectivity index is 1.70. The Morgan fingerprint density at radius 2 is 1.87 bits per heavy atom. The Kier molecular flexibility index (Phi) is 6.92. The molecule has 10 nitrogen and oxygen atoms in total. The van der Waals surface area contributed by atoms with Crippen molar-refractivity contribution in [1.82, 2.24) is 19.5 Å². The summed E-state index contributed by atoms with van der Waals surface area (Å²) in [6, 6.07) is 14.6. The molecule has 38 heavy (non-hydrogen) atoms.